The van der Waals surface area contributed by atoms with E-state index in [9.17, 15) is 9.90 Å². The van der Waals surface area contributed by atoms with Crippen LogP contribution in [0.15, 0.2) is 36.4 Å². The van der Waals surface area contributed by atoms with Crippen molar-refractivity contribution in [1.29, 1.82) is 0 Å². The summed E-state index contributed by atoms with van der Waals surface area (Å²) in [4.78, 5) is 12.1. The monoisotopic (exact) mass is 420 g/mol. The Morgan fingerprint density at radius 2 is 1.77 bits per heavy atom. The van der Waals surface area contributed by atoms with Crippen molar-refractivity contribution in [2.75, 3.05) is 6.79 Å². The molecule has 0 radical (unpaired) electrons. The molecule has 1 aromatic heterocycles. The lowest BCUT2D eigenvalue weighted by atomic mass is 10.1. The number of carboxylic acid groups (broad SMARTS) is 1. The molecule has 1 aliphatic heterocycles. The normalized spacial score (nSPS) is 12.4. The lowest BCUT2D eigenvalue weighted by molar-refractivity contribution is 0.0694. The summed E-state index contributed by atoms with van der Waals surface area (Å²) in [7, 11) is 0. The fourth-order valence-electron chi connectivity index (χ4n) is 4.21. The first-order chi connectivity index (χ1) is 14.8. The maximum atomic E-state index is 12.1. The van der Waals surface area contributed by atoms with Crippen molar-refractivity contribution < 1.29 is 19.4 Å². The summed E-state index contributed by atoms with van der Waals surface area (Å²) < 4.78 is 12.9. The Morgan fingerprint density at radius 3 is 2.55 bits per heavy atom. The van der Waals surface area contributed by atoms with Gasteiger partial charge in [0.15, 0.2) is 11.5 Å². The van der Waals surface area contributed by atoms with Crippen molar-refractivity contribution >= 4 is 5.97 Å². The summed E-state index contributed by atoms with van der Waals surface area (Å²) in [6.45, 7) is 10.1. The van der Waals surface area contributed by atoms with Crippen LogP contribution in [0.25, 0.3) is 0 Å². The molecule has 0 unspecified atom stereocenters. The summed E-state index contributed by atoms with van der Waals surface area (Å²) in [6.07, 6.45) is 0. The molecule has 1 aliphatic rings. The van der Waals surface area contributed by atoms with Gasteiger partial charge >= 0.3 is 5.97 Å². The second-order valence-electron chi connectivity index (χ2n) is 8.14. The molecule has 0 atom stereocenters. The summed E-state index contributed by atoms with van der Waals surface area (Å²) >= 11 is 0. The summed E-state index contributed by atoms with van der Waals surface area (Å²) in [5, 5.41) is 13.3. The minimum Gasteiger partial charge on any atom is -0.478 e. The molecule has 0 aliphatic carbocycles. The van der Waals surface area contributed by atoms with Crippen LogP contribution < -0.4 is 14.8 Å². The first kappa shape index (κ1) is 21.0. The number of rotatable bonds is 7. The van der Waals surface area contributed by atoms with Crippen LogP contribution in [-0.2, 0) is 19.6 Å². The van der Waals surface area contributed by atoms with E-state index in [2.05, 4.69) is 41.9 Å². The number of carbonyl (C=O) groups is 1. The number of ether oxygens (including phenoxy) is 2. The van der Waals surface area contributed by atoms with Crippen LogP contribution in [0, 0.1) is 27.7 Å². The van der Waals surface area contributed by atoms with Crippen LogP contribution in [0.1, 0.15) is 49.6 Å². The van der Waals surface area contributed by atoms with Crippen LogP contribution in [0.4, 0.5) is 0 Å². The van der Waals surface area contributed by atoms with Crippen molar-refractivity contribution in [3.8, 4) is 11.5 Å². The molecule has 2 heterocycles. The highest BCUT2D eigenvalue weighted by Gasteiger charge is 2.23. The van der Waals surface area contributed by atoms with Crippen LogP contribution in [0.5, 0.6) is 11.5 Å². The summed E-state index contributed by atoms with van der Waals surface area (Å²) in [5.74, 6) is 0.615. The molecule has 6 nitrogen and oxygen atoms in total. The quantitative estimate of drug-likeness (QED) is 0.589. The van der Waals surface area contributed by atoms with E-state index in [1.54, 1.807) is 0 Å². The largest absolute Gasteiger partial charge is 0.478 e. The molecule has 6 heteroatoms. The molecule has 3 aromatic rings. The highest BCUT2D eigenvalue weighted by atomic mass is 16.7. The van der Waals surface area contributed by atoms with E-state index in [-0.39, 0.29) is 6.79 Å². The van der Waals surface area contributed by atoms with E-state index < -0.39 is 5.97 Å². The van der Waals surface area contributed by atoms with Gasteiger partial charge in [-0.3, -0.25) is 0 Å². The summed E-state index contributed by atoms with van der Waals surface area (Å²) in [6, 6.07) is 12.2. The Hall–Kier alpha value is -3.25. The van der Waals surface area contributed by atoms with Gasteiger partial charge in [0.05, 0.1) is 5.56 Å². The topological polar surface area (TPSA) is 72.7 Å². The molecule has 0 amide bonds. The van der Waals surface area contributed by atoms with Crippen molar-refractivity contribution in [3.63, 3.8) is 0 Å². The van der Waals surface area contributed by atoms with Gasteiger partial charge in [-0.15, -0.1) is 0 Å². The summed E-state index contributed by atoms with van der Waals surface area (Å²) in [5.41, 5.74) is 7.66. The van der Waals surface area contributed by atoms with Crippen molar-refractivity contribution in [3.05, 3.63) is 81.2 Å². The maximum absolute atomic E-state index is 12.1. The number of aromatic nitrogens is 1. The van der Waals surface area contributed by atoms with Crippen LogP contribution >= 0.6 is 0 Å². The third kappa shape index (κ3) is 4.16. The zero-order chi connectivity index (χ0) is 22.1. The van der Waals surface area contributed by atoms with Crippen LogP contribution in [0.3, 0.4) is 0 Å². The zero-order valence-corrected chi connectivity index (χ0v) is 18.4. The molecular weight excluding hydrogens is 392 g/mol. The number of benzene rings is 2. The predicted octanol–water partition coefficient (Wildman–Crippen LogP) is 4.49. The predicted molar refractivity (Wildman–Crippen MR) is 119 cm³/mol. The number of fused-ring (bicyclic) bond motifs is 1. The standard InChI is InChI=1S/C25H28N2O4/c1-15-5-6-16(2)20(9-15)13-27-17(3)21(24(18(27)4)25(28)29)12-26-11-19-7-8-22-23(10-19)31-14-30-22/h5-10,26H,11-14H2,1-4H3,(H,28,29). The average molecular weight is 421 g/mol. The van der Waals surface area contributed by atoms with Gasteiger partial charge in [-0.05, 0) is 56.5 Å². The highest BCUT2D eigenvalue weighted by molar-refractivity contribution is 5.91. The van der Waals surface area contributed by atoms with Gasteiger partial charge in [0.1, 0.15) is 0 Å². The molecule has 0 saturated heterocycles. The number of aromatic carboxylic acids is 1. The van der Waals surface area contributed by atoms with Gasteiger partial charge in [-0.1, -0.05) is 29.8 Å². The number of carboxylic acids is 1. The van der Waals surface area contributed by atoms with Gasteiger partial charge in [0.25, 0.3) is 0 Å². The lowest BCUT2D eigenvalue weighted by Crippen LogP contribution is -2.15. The van der Waals surface area contributed by atoms with E-state index in [0.717, 1.165) is 34.0 Å². The number of nitrogens with one attached hydrogen (secondary N) is 1. The number of hydrogen-bond donors (Lipinski definition) is 2. The maximum Gasteiger partial charge on any atom is 0.337 e. The van der Waals surface area contributed by atoms with E-state index in [1.165, 1.54) is 16.7 Å². The Morgan fingerprint density at radius 1 is 1.00 bits per heavy atom. The molecule has 0 spiro atoms. The van der Waals surface area contributed by atoms with E-state index in [0.29, 0.717) is 25.2 Å². The molecule has 2 N–H and O–H groups in total. The first-order valence-electron chi connectivity index (χ1n) is 10.4. The third-order valence-corrected chi connectivity index (χ3v) is 6.02. The first-order valence-corrected chi connectivity index (χ1v) is 10.4. The molecule has 0 bridgehead atoms. The smallest absolute Gasteiger partial charge is 0.337 e. The van der Waals surface area contributed by atoms with Crippen LogP contribution in [-0.4, -0.2) is 22.4 Å². The van der Waals surface area contributed by atoms with E-state index >= 15 is 0 Å². The molecule has 0 fully saturated rings. The fraction of sp³-hybridized carbons (Fsp3) is 0.320. The fourth-order valence-corrected chi connectivity index (χ4v) is 4.21. The van der Waals surface area contributed by atoms with Gasteiger partial charge in [0.2, 0.25) is 6.79 Å². The minimum absolute atomic E-state index is 0.251. The molecule has 162 valence electrons. The van der Waals surface area contributed by atoms with Gasteiger partial charge in [0, 0.05) is 36.6 Å². The molecule has 31 heavy (non-hydrogen) atoms. The van der Waals surface area contributed by atoms with Crippen LogP contribution in [0.2, 0.25) is 0 Å². The van der Waals surface area contributed by atoms with Gasteiger partial charge in [-0.25, -0.2) is 4.79 Å². The van der Waals surface area contributed by atoms with Crippen molar-refractivity contribution in [2.45, 2.75) is 47.3 Å². The zero-order valence-electron chi connectivity index (χ0n) is 18.4. The van der Waals surface area contributed by atoms with E-state index in [4.69, 9.17) is 9.47 Å². The Bertz CT molecular complexity index is 1150. The minimum atomic E-state index is -0.889. The van der Waals surface area contributed by atoms with Gasteiger partial charge < -0.3 is 24.5 Å². The Kier molecular flexibility index (Phi) is 5.74. The van der Waals surface area contributed by atoms with E-state index in [1.807, 2.05) is 32.0 Å². The number of aryl methyl sites for hydroxylation is 2. The molecule has 0 saturated carbocycles. The lowest BCUT2D eigenvalue weighted by Gasteiger charge is -2.13. The average Bonchev–Trinajstić information content (AvgIpc) is 3.28. The number of hydrogen-bond acceptors (Lipinski definition) is 4. The molecule has 4 rings (SSSR count). The van der Waals surface area contributed by atoms with Gasteiger partial charge in [-0.2, -0.15) is 0 Å². The molecular formula is C25H28N2O4. The van der Waals surface area contributed by atoms with Crippen molar-refractivity contribution in [2.24, 2.45) is 0 Å². The second-order valence-corrected chi connectivity index (χ2v) is 8.14. The highest BCUT2D eigenvalue weighted by Crippen LogP contribution is 2.32. The Balaban J connectivity index is 1.56. The Labute approximate surface area is 182 Å². The second kappa shape index (κ2) is 8.47. The van der Waals surface area contributed by atoms with Crippen molar-refractivity contribution in [1.82, 2.24) is 9.88 Å². The SMILES string of the molecule is Cc1ccc(C)c(Cn2c(C)c(CNCc3ccc4c(c3)OCO4)c(C(=O)O)c2C)c1. The number of nitrogens with zero attached hydrogens (tertiary/aromatic N) is 1. The third-order valence-electron chi connectivity index (χ3n) is 6.02. The molecule has 2 aromatic carbocycles.